The summed E-state index contributed by atoms with van der Waals surface area (Å²) in [5.41, 5.74) is 1.31. The van der Waals surface area contributed by atoms with Crippen LogP contribution in [0.4, 0.5) is 10.5 Å². The van der Waals surface area contributed by atoms with Gasteiger partial charge in [-0.15, -0.1) is 0 Å². The Hall–Kier alpha value is -2.03. The highest BCUT2D eigenvalue weighted by molar-refractivity contribution is 5.92. The number of anilines is 1. The van der Waals surface area contributed by atoms with Gasteiger partial charge in [-0.05, 0) is 56.2 Å². The van der Waals surface area contributed by atoms with Crippen LogP contribution >= 0.6 is 0 Å². The van der Waals surface area contributed by atoms with Crippen LogP contribution in [-0.2, 0) is 4.74 Å². The Morgan fingerprint density at radius 2 is 1.68 bits per heavy atom. The minimum absolute atomic E-state index is 0.425. The Morgan fingerprint density at radius 1 is 1.11 bits per heavy atom. The molecule has 0 aromatic heterocycles. The Morgan fingerprint density at radius 3 is 2.26 bits per heavy atom. The molecule has 100 valence electrons. The van der Waals surface area contributed by atoms with Crippen LogP contribution in [0.5, 0.6) is 0 Å². The molecule has 0 aliphatic rings. The molecule has 2 rings (SSSR count). The van der Waals surface area contributed by atoms with Crippen molar-refractivity contribution in [3.05, 3.63) is 42.0 Å². The lowest BCUT2D eigenvalue weighted by Gasteiger charge is -2.20. The lowest BCUT2D eigenvalue weighted by Crippen LogP contribution is -2.27. The molecule has 0 heterocycles. The number of nitrogens with one attached hydrogen (secondary N) is 1. The van der Waals surface area contributed by atoms with Crippen LogP contribution in [0, 0.1) is 6.92 Å². The van der Waals surface area contributed by atoms with Crippen molar-refractivity contribution in [1.29, 1.82) is 0 Å². The van der Waals surface area contributed by atoms with E-state index in [1.165, 1.54) is 0 Å². The number of ether oxygens (including phenoxy) is 1. The van der Waals surface area contributed by atoms with E-state index in [0.29, 0.717) is 0 Å². The van der Waals surface area contributed by atoms with Gasteiger partial charge in [0.25, 0.3) is 0 Å². The van der Waals surface area contributed by atoms with Crippen LogP contribution in [-0.4, -0.2) is 11.7 Å². The molecule has 1 amide bonds. The molecule has 0 aliphatic carbocycles. The van der Waals surface area contributed by atoms with Crippen molar-refractivity contribution in [2.75, 3.05) is 5.32 Å². The summed E-state index contributed by atoms with van der Waals surface area (Å²) in [4.78, 5) is 11.8. The summed E-state index contributed by atoms with van der Waals surface area (Å²) in [5.74, 6) is 0. The topological polar surface area (TPSA) is 38.3 Å². The molecule has 0 unspecified atom stereocenters. The molecule has 0 saturated heterocycles. The number of hydrogen-bond donors (Lipinski definition) is 1. The second kappa shape index (κ2) is 4.92. The number of carbonyl (C=O) groups is 1. The van der Waals surface area contributed by atoms with Gasteiger partial charge < -0.3 is 4.74 Å². The minimum Gasteiger partial charge on any atom is -0.444 e. The van der Waals surface area contributed by atoms with E-state index < -0.39 is 11.7 Å². The number of fused-ring (bicyclic) bond motifs is 1. The second-order valence-electron chi connectivity index (χ2n) is 5.64. The molecule has 0 aliphatic heterocycles. The van der Waals surface area contributed by atoms with E-state index in [0.717, 1.165) is 22.0 Å². The van der Waals surface area contributed by atoms with Gasteiger partial charge in [0, 0.05) is 5.69 Å². The van der Waals surface area contributed by atoms with Gasteiger partial charge >= 0.3 is 6.09 Å². The summed E-state index contributed by atoms with van der Waals surface area (Å²) in [7, 11) is 0. The van der Waals surface area contributed by atoms with Crippen LogP contribution in [0.15, 0.2) is 36.4 Å². The molecule has 0 bridgehead atoms. The van der Waals surface area contributed by atoms with Gasteiger partial charge in [0.2, 0.25) is 0 Å². The predicted molar refractivity (Wildman–Crippen MR) is 78.5 cm³/mol. The van der Waals surface area contributed by atoms with Crippen LogP contribution < -0.4 is 5.32 Å². The molecule has 3 nitrogen and oxygen atoms in total. The van der Waals surface area contributed by atoms with E-state index in [1.54, 1.807) is 0 Å². The molecule has 0 atom stereocenters. The van der Waals surface area contributed by atoms with Gasteiger partial charge in [0.15, 0.2) is 0 Å². The Bertz CT molecular complexity index is 612. The van der Waals surface area contributed by atoms with Crippen LogP contribution in [0.3, 0.4) is 0 Å². The fourth-order valence-corrected chi connectivity index (χ4v) is 1.90. The van der Waals surface area contributed by atoms with Crippen molar-refractivity contribution in [2.45, 2.75) is 33.3 Å². The van der Waals surface area contributed by atoms with Crippen molar-refractivity contribution in [1.82, 2.24) is 0 Å². The van der Waals surface area contributed by atoms with Gasteiger partial charge in [0.1, 0.15) is 5.60 Å². The number of carbonyl (C=O) groups excluding carboxylic acids is 1. The van der Waals surface area contributed by atoms with Gasteiger partial charge in [-0.1, -0.05) is 24.3 Å². The maximum absolute atomic E-state index is 11.8. The molecule has 0 radical (unpaired) electrons. The largest absolute Gasteiger partial charge is 0.444 e. The highest BCUT2D eigenvalue weighted by atomic mass is 16.6. The summed E-state index contributed by atoms with van der Waals surface area (Å²) >= 11 is 0. The number of amides is 1. The molecule has 19 heavy (non-hydrogen) atoms. The summed E-state index contributed by atoms with van der Waals surface area (Å²) in [5, 5.41) is 5.06. The highest BCUT2D eigenvalue weighted by Gasteiger charge is 2.16. The average molecular weight is 257 g/mol. The first-order chi connectivity index (χ1) is 8.85. The number of rotatable bonds is 1. The molecule has 0 saturated carbocycles. The van der Waals surface area contributed by atoms with E-state index in [1.807, 2.05) is 52.0 Å². The molecule has 2 aromatic carbocycles. The Balaban J connectivity index is 2.25. The quantitative estimate of drug-likeness (QED) is 0.817. The predicted octanol–water partition coefficient (Wildman–Crippen LogP) is 4.50. The van der Waals surface area contributed by atoms with E-state index in [4.69, 9.17) is 4.74 Å². The second-order valence-corrected chi connectivity index (χ2v) is 5.64. The fourth-order valence-electron chi connectivity index (χ4n) is 1.90. The van der Waals surface area contributed by atoms with Gasteiger partial charge in [-0.3, -0.25) is 5.32 Å². The summed E-state index contributed by atoms with van der Waals surface area (Å²) < 4.78 is 5.26. The van der Waals surface area contributed by atoms with Crippen LogP contribution in [0.25, 0.3) is 10.8 Å². The maximum atomic E-state index is 11.8. The zero-order valence-electron chi connectivity index (χ0n) is 11.8. The normalized spacial score (nSPS) is 11.4. The lowest BCUT2D eigenvalue weighted by molar-refractivity contribution is 0.0636. The van der Waals surface area contributed by atoms with Crippen LogP contribution in [0.2, 0.25) is 0 Å². The Labute approximate surface area is 113 Å². The van der Waals surface area contributed by atoms with Crippen molar-refractivity contribution in [3.63, 3.8) is 0 Å². The zero-order chi connectivity index (χ0) is 14.0. The SMILES string of the molecule is Cc1cc2ccccc2cc1NC(=O)OC(C)(C)C. The molecule has 0 spiro atoms. The number of aryl methyl sites for hydroxylation is 1. The van der Waals surface area contributed by atoms with Crippen LogP contribution in [0.1, 0.15) is 26.3 Å². The monoisotopic (exact) mass is 257 g/mol. The zero-order valence-corrected chi connectivity index (χ0v) is 11.8. The smallest absolute Gasteiger partial charge is 0.412 e. The third kappa shape index (κ3) is 3.47. The molecule has 0 fully saturated rings. The van der Waals surface area contributed by atoms with Crippen molar-refractivity contribution >= 4 is 22.6 Å². The van der Waals surface area contributed by atoms with E-state index in [-0.39, 0.29) is 0 Å². The van der Waals surface area contributed by atoms with Crippen molar-refractivity contribution < 1.29 is 9.53 Å². The van der Waals surface area contributed by atoms with Gasteiger partial charge in [0.05, 0.1) is 0 Å². The molecular weight excluding hydrogens is 238 g/mol. The van der Waals surface area contributed by atoms with E-state index >= 15 is 0 Å². The van der Waals surface area contributed by atoms with Crippen molar-refractivity contribution in [2.24, 2.45) is 0 Å². The van der Waals surface area contributed by atoms with E-state index in [2.05, 4.69) is 17.4 Å². The molecule has 3 heteroatoms. The Kier molecular flexibility index (Phi) is 3.47. The average Bonchev–Trinajstić information content (AvgIpc) is 2.27. The first kappa shape index (κ1) is 13.4. The van der Waals surface area contributed by atoms with Gasteiger partial charge in [-0.2, -0.15) is 0 Å². The van der Waals surface area contributed by atoms with Crippen molar-refractivity contribution in [3.8, 4) is 0 Å². The third-order valence-electron chi connectivity index (χ3n) is 2.73. The summed E-state index contributed by atoms with van der Waals surface area (Å²) in [6, 6.07) is 12.1. The van der Waals surface area contributed by atoms with Gasteiger partial charge in [-0.25, -0.2) is 4.79 Å². The number of hydrogen-bond acceptors (Lipinski definition) is 2. The first-order valence-corrected chi connectivity index (χ1v) is 6.34. The van der Waals surface area contributed by atoms with E-state index in [9.17, 15) is 4.79 Å². The number of benzene rings is 2. The standard InChI is InChI=1S/C16H19NO2/c1-11-9-12-7-5-6-8-13(12)10-14(11)17-15(18)19-16(2,3)4/h5-10H,1-4H3,(H,17,18). The molecule has 2 aromatic rings. The minimum atomic E-state index is -0.491. The lowest BCUT2D eigenvalue weighted by atomic mass is 10.1. The summed E-state index contributed by atoms with van der Waals surface area (Å²) in [6.07, 6.45) is -0.425. The first-order valence-electron chi connectivity index (χ1n) is 6.34. The molecule has 1 N–H and O–H groups in total. The fraction of sp³-hybridized carbons (Fsp3) is 0.312. The third-order valence-corrected chi connectivity index (χ3v) is 2.73. The highest BCUT2D eigenvalue weighted by Crippen LogP contribution is 2.24. The maximum Gasteiger partial charge on any atom is 0.412 e. The summed E-state index contributed by atoms with van der Waals surface area (Å²) in [6.45, 7) is 7.51. The molecular formula is C16H19NO2.